The first kappa shape index (κ1) is 14.2. The van der Waals surface area contributed by atoms with Crippen LogP contribution in [0.1, 0.15) is 26.3 Å². The maximum atomic E-state index is 9.86. The van der Waals surface area contributed by atoms with E-state index < -0.39 is 11.8 Å². The molecule has 2 unspecified atom stereocenters. The zero-order valence-corrected chi connectivity index (χ0v) is 11.0. The summed E-state index contributed by atoms with van der Waals surface area (Å²) in [4.78, 5) is 0. The van der Waals surface area contributed by atoms with Crippen molar-refractivity contribution < 1.29 is 5.11 Å². The van der Waals surface area contributed by atoms with Gasteiger partial charge in [0.2, 0.25) is 0 Å². The van der Waals surface area contributed by atoms with Crippen molar-refractivity contribution >= 4 is 0 Å². The summed E-state index contributed by atoms with van der Waals surface area (Å²) in [6.07, 6.45) is 0.0274. The number of nitrogens with two attached hydrogens (primary N) is 1. The van der Waals surface area contributed by atoms with E-state index in [0.29, 0.717) is 12.3 Å². The summed E-state index contributed by atoms with van der Waals surface area (Å²) < 4.78 is 0. The molecular weight excluding hydrogens is 212 g/mol. The molecule has 0 aliphatic carbocycles. The molecule has 0 saturated carbocycles. The lowest BCUT2D eigenvalue weighted by molar-refractivity contribution is 0.0748. The van der Waals surface area contributed by atoms with E-state index in [1.165, 1.54) is 0 Å². The minimum absolute atomic E-state index is 0.507. The number of nitrogens with one attached hydrogen (secondary N) is 1. The lowest BCUT2D eigenvalue weighted by Crippen LogP contribution is -2.63. The highest BCUT2D eigenvalue weighted by Gasteiger charge is 2.30. The number of aliphatic hydroxyl groups is 1. The molecule has 1 aromatic rings. The van der Waals surface area contributed by atoms with Crippen molar-refractivity contribution in [1.29, 1.82) is 0 Å². The highest BCUT2D eigenvalue weighted by atomic mass is 16.3. The first-order chi connectivity index (χ1) is 7.94. The maximum Gasteiger partial charge on any atom is 0.0967 e. The summed E-state index contributed by atoms with van der Waals surface area (Å²) in [7, 11) is 0. The van der Waals surface area contributed by atoms with Gasteiger partial charge in [-0.15, -0.1) is 0 Å². The Morgan fingerprint density at radius 3 is 2.29 bits per heavy atom. The van der Waals surface area contributed by atoms with Gasteiger partial charge in [0.25, 0.3) is 0 Å². The third-order valence-corrected chi connectivity index (χ3v) is 2.92. The van der Waals surface area contributed by atoms with Crippen LogP contribution in [0.3, 0.4) is 0 Å². The van der Waals surface area contributed by atoms with E-state index in [4.69, 9.17) is 5.73 Å². The average molecular weight is 236 g/mol. The molecule has 0 spiro atoms. The van der Waals surface area contributed by atoms with Crippen molar-refractivity contribution in [3.05, 3.63) is 35.9 Å². The van der Waals surface area contributed by atoms with Gasteiger partial charge in [-0.3, -0.25) is 5.32 Å². The van der Waals surface area contributed by atoms with Gasteiger partial charge in [0.15, 0.2) is 0 Å². The van der Waals surface area contributed by atoms with Crippen LogP contribution < -0.4 is 11.1 Å². The van der Waals surface area contributed by atoms with Crippen LogP contribution in [-0.2, 0) is 6.42 Å². The lowest BCUT2D eigenvalue weighted by atomic mass is 9.95. The Morgan fingerprint density at radius 1 is 1.24 bits per heavy atom. The molecule has 96 valence electrons. The van der Waals surface area contributed by atoms with E-state index >= 15 is 0 Å². The molecular formula is C14H24N2O. The van der Waals surface area contributed by atoms with Crippen LogP contribution >= 0.6 is 0 Å². The fourth-order valence-corrected chi connectivity index (χ4v) is 1.69. The second kappa shape index (κ2) is 6.15. The first-order valence-electron chi connectivity index (χ1n) is 6.20. The van der Waals surface area contributed by atoms with Crippen LogP contribution in [0, 0.1) is 5.92 Å². The summed E-state index contributed by atoms with van der Waals surface area (Å²) in [5, 5.41) is 13.1. The van der Waals surface area contributed by atoms with Crippen molar-refractivity contribution in [3.63, 3.8) is 0 Å². The van der Waals surface area contributed by atoms with Crippen LogP contribution in [0.2, 0.25) is 0 Å². The van der Waals surface area contributed by atoms with Crippen LogP contribution in [0.15, 0.2) is 30.3 Å². The van der Waals surface area contributed by atoms with E-state index in [-0.39, 0.29) is 0 Å². The molecule has 1 aromatic carbocycles. The maximum absolute atomic E-state index is 9.86. The summed E-state index contributed by atoms with van der Waals surface area (Å²) in [6.45, 7) is 6.78. The van der Waals surface area contributed by atoms with Crippen molar-refractivity contribution in [2.75, 3.05) is 6.54 Å². The number of aliphatic hydroxyl groups excluding tert-OH is 1. The Balaban J connectivity index is 2.71. The fourth-order valence-electron chi connectivity index (χ4n) is 1.69. The van der Waals surface area contributed by atoms with E-state index in [1.54, 1.807) is 6.92 Å². The van der Waals surface area contributed by atoms with Gasteiger partial charge in [-0.25, -0.2) is 0 Å². The summed E-state index contributed by atoms with van der Waals surface area (Å²) in [5.41, 5.74) is 6.63. The summed E-state index contributed by atoms with van der Waals surface area (Å²) in [5.74, 6) is 0.507. The molecule has 0 radical (unpaired) electrons. The largest absolute Gasteiger partial charge is 0.390 e. The predicted octanol–water partition coefficient (Wildman–Crippen LogP) is 1.51. The summed E-state index contributed by atoms with van der Waals surface area (Å²) >= 11 is 0. The number of rotatable bonds is 6. The SMILES string of the molecule is CC(C)CNC(N)(Cc1ccccc1)C(C)O. The van der Waals surface area contributed by atoms with Crippen molar-refractivity contribution in [3.8, 4) is 0 Å². The van der Waals surface area contributed by atoms with E-state index in [2.05, 4.69) is 19.2 Å². The van der Waals surface area contributed by atoms with Gasteiger partial charge in [-0.1, -0.05) is 44.2 Å². The highest BCUT2D eigenvalue weighted by Crippen LogP contribution is 2.13. The van der Waals surface area contributed by atoms with E-state index in [0.717, 1.165) is 12.1 Å². The van der Waals surface area contributed by atoms with Gasteiger partial charge in [-0.2, -0.15) is 0 Å². The van der Waals surface area contributed by atoms with Crippen molar-refractivity contribution in [1.82, 2.24) is 5.32 Å². The van der Waals surface area contributed by atoms with Crippen LogP contribution in [0.4, 0.5) is 0 Å². The van der Waals surface area contributed by atoms with E-state index in [1.807, 2.05) is 30.3 Å². The van der Waals surface area contributed by atoms with Gasteiger partial charge in [0.1, 0.15) is 0 Å². The smallest absolute Gasteiger partial charge is 0.0967 e. The van der Waals surface area contributed by atoms with Gasteiger partial charge >= 0.3 is 0 Å². The standard InChI is InChI=1S/C14H24N2O/c1-11(2)10-16-14(15,12(3)17)9-13-7-5-4-6-8-13/h4-8,11-12,16-17H,9-10,15H2,1-3H3. The predicted molar refractivity (Wildman–Crippen MR) is 71.6 cm³/mol. The van der Waals surface area contributed by atoms with Gasteiger partial charge in [-0.05, 0) is 24.9 Å². The molecule has 3 nitrogen and oxygen atoms in total. The molecule has 0 aliphatic rings. The molecule has 0 amide bonds. The molecule has 4 N–H and O–H groups in total. The Labute approximate surface area is 104 Å². The van der Waals surface area contributed by atoms with Gasteiger partial charge in [0, 0.05) is 6.42 Å². The second-order valence-electron chi connectivity index (χ2n) is 5.15. The normalized spacial score (nSPS) is 16.8. The molecule has 17 heavy (non-hydrogen) atoms. The Bertz CT molecular complexity index is 324. The highest BCUT2D eigenvalue weighted by molar-refractivity contribution is 5.18. The average Bonchev–Trinajstić information content (AvgIpc) is 2.27. The zero-order valence-electron chi connectivity index (χ0n) is 11.0. The first-order valence-corrected chi connectivity index (χ1v) is 6.20. The number of hydrogen-bond acceptors (Lipinski definition) is 3. The topological polar surface area (TPSA) is 58.3 Å². The molecule has 0 fully saturated rings. The van der Waals surface area contributed by atoms with Gasteiger partial charge in [0.05, 0.1) is 11.8 Å². The number of benzene rings is 1. The van der Waals surface area contributed by atoms with Crippen LogP contribution in [0.25, 0.3) is 0 Å². The van der Waals surface area contributed by atoms with E-state index in [9.17, 15) is 5.11 Å². The van der Waals surface area contributed by atoms with Crippen molar-refractivity contribution in [2.24, 2.45) is 11.7 Å². The molecule has 0 saturated heterocycles. The minimum Gasteiger partial charge on any atom is -0.390 e. The third-order valence-electron chi connectivity index (χ3n) is 2.92. The molecule has 0 aromatic heterocycles. The monoisotopic (exact) mass is 236 g/mol. The molecule has 3 heteroatoms. The number of hydrogen-bond donors (Lipinski definition) is 3. The molecule has 0 heterocycles. The third kappa shape index (κ3) is 4.46. The Morgan fingerprint density at radius 2 is 1.82 bits per heavy atom. The van der Waals surface area contributed by atoms with Crippen LogP contribution in [-0.4, -0.2) is 23.4 Å². The quantitative estimate of drug-likeness (QED) is 0.656. The Kier molecular flexibility index (Phi) is 5.12. The fraction of sp³-hybridized carbons (Fsp3) is 0.571. The minimum atomic E-state index is -0.758. The molecule has 1 rings (SSSR count). The van der Waals surface area contributed by atoms with Crippen LogP contribution in [0.5, 0.6) is 0 Å². The molecule has 0 aliphatic heterocycles. The Hall–Kier alpha value is -0.900. The zero-order chi connectivity index (χ0) is 12.9. The molecule has 0 bridgehead atoms. The summed E-state index contributed by atoms with van der Waals surface area (Å²) in [6, 6.07) is 10.0. The lowest BCUT2D eigenvalue weighted by Gasteiger charge is -2.34. The van der Waals surface area contributed by atoms with Crippen molar-refractivity contribution in [2.45, 2.75) is 39.0 Å². The van der Waals surface area contributed by atoms with Gasteiger partial charge < -0.3 is 10.8 Å². The second-order valence-corrected chi connectivity index (χ2v) is 5.15. The molecule has 2 atom stereocenters.